The number of hydrogen-bond acceptors (Lipinski definition) is 3. The Morgan fingerprint density at radius 2 is 2.12 bits per heavy atom. The van der Waals surface area contributed by atoms with Gasteiger partial charge in [0.2, 0.25) is 0 Å². The molecular formula is C13H18N2O2. The Bertz CT molecular complexity index is 433. The third kappa shape index (κ3) is 3.51. The van der Waals surface area contributed by atoms with Crippen LogP contribution in [0.2, 0.25) is 0 Å². The SMILES string of the molecule is O=C(CC1CCCCC1)Cn1ncccc1=O. The second kappa shape index (κ2) is 5.75. The zero-order valence-corrected chi connectivity index (χ0v) is 9.97. The molecule has 1 fully saturated rings. The lowest BCUT2D eigenvalue weighted by Gasteiger charge is -2.20. The van der Waals surface area contributed by atoms with Crippen molar-refractivity contribution in [2.24, 2.45) is 5.92 Å². The summed E-state index contributed by atoms with van der Waals surface area (Å²) in [6.45, 7) is 0.121. The van der Waals surface area contributed by atoms with Crippen LogP contribution in [0.25, 0.3) is 0 Å². The van der Waals surface area contributed by atoms with E-state index in [4.69, 9.17) is 0 Å². The predicted molar refractivity (Wildman–Crippen MR) is 64.7 cm³/mol. The molecule has 0 saturated heterocycles. The van der Waals surface area contributed by atoms with E-state index in [-0.39, 0.29) is 17.9 Å². The van der Waals surface area contributed by atoms with Crippen LogP contribution in [0.5, 0.6) is 0 Å². The van der Waals surface area contributed by atoms with Gasteiger partial charge in [-0.3, -0.25) is 9.59 Å². The van der Waals surface area contributed by atoms with E-state index in [1.165, 1.54) is 36.2 Å². The summed E-state index contributed by atoms with van der Waals surface area (Å²) in [4.78, 5) is 23.2. The molecule has 0 aromatic carbocycles. The number of aromatic nitrogens is 2. The first-order valence-electron chi connectivity index (χ1n) is 6.29. The molecule has 17 heavy (non-hydrogen) atoms. The van der Waals surface area contributed by atoms with Gasteiger partial charge in [0.25, 0.3) is 5.56 Å². The summed E-state index contributed by atoms with van der Waals surface area (Å²) in [6.07, 6.45) is 8.22. The third-order valence-corrected chi connectivity index (χ3v) is 3.35. The molecule has 4 heteroatoms. The average Bonchev–Trinajstić information content (AvgIpc) is 2.33. The van der Waals surface area contributed by atoms with Gasteiger partial charge in [0.15, 0.2) is 5.78 Å². The van der Waals surface area contributed by atoms with Gasteiger partial charge in [-0.1, -0.05) is 32.1 Å². The second-order valence-corrected chi connectivity index (χ2v) is 4.77. The number of Topliss-reactive ketones (excluding diaryl/α,β-unsaturated/α-hetero) is 1. The fourth-order valence-corrected chi connectivity index (χ4v) is 2.45. The molecule has 0 aliphatic heterocycles. The standard InChI is InChI=1S/C13H18N2O2/c16-12(9-11-5-2-1-3-6-11)10-15-13(17)7-4-8-14-15/h4,7-8,11H,1-3,5-6,9-10H2. The summed E-state index contributed by atoms with van der Waals surface area (Å²) in [5, 5.41) is 3.89. The minimum Gasteiger partial charge on any atom is -0.298 e. The van der Waals surface area contributed by atoms with Crippen molar-refractivity contribution in [1.29, 1.82) is 0 Å². The molecule has 1 aliphatic rings. The Morgan fingerprint density at radius 1 is 1.35 bits per heavy atom. The molecule has 0 amide bonds. The van der Waals surface area contributed by atoms with Crippen LogP contribution in [0, 0.1) is 5.92 Å². The first kappa shape index (κ1) is 12.0. The number of rotatable bonds is 4. The monoisotopic (exact) mass is 234 g/mol. The minimum absolute atomic E-state index is 0.121. The number of carbonyl (C=O) groups excluding carboxylic acids is 1. The van der Waals surface area contributed by atoms with Crippen LogP contribution in [-0.2, 0) is 11.3 Å². The third-order valence-electron chi connectivity index (χ3n) is 3.35. The lowest BCUT2D eigenvalue weighted by Crippen LogP contribution is -2.26. The first-order chi connectivity index (χ1) is 8.25. The van der Waals surface area contributed by atoms with E-state index >= 15 is 0 Å². The molecule has 0 radical (unpaired) electrons. The summed E-state index contributed by atoms with van der Waals surface area (Å²) in [6, 6.07) is 3.02. The highest BCUT2D eigenvalue weighted by Crippen LogP contribution is 2.26. The lowest BCUT2D eigenvalue weighted by atomic mass is 9.86. The summed E-state index contributed by atoms with van der Waals surface area (Å²) in [5.74, 6) is 0.647. The molecule has 0 spiro atoms. The molecule has 1 heterocycles. The number of carbonyl (C=O) groups is 1. The van der Waals surface area contributed by atoms with Gasteiger partial charge in [-0.15, -0.1) is 0 Å². The fourth-order valence-electron chi connectivity index (χ4n) is 2.45. The molecule has 1 saturated carbocycles. The minimum atomic E-state index is -0.204. The van der Waals surface area contributed by atoms with Gasteiger partial charge in [0, 0.05) is 18.7 Å². The summed E-state index contributed by atoms with van der Waals surface area (Å²) >= 11 is 0. The summed E-state index contributed by atoms with van der Waals surface area (Å²) in [5.41, 5.74) is -0.204. The van der Waals surface area contributed by atoms with Crippen LogP contribution in [0.15, 0.2) is 23.1 Å². The Morgan fingerprint density at radius 3 is 2.82 bits per heavy atom. The predicted octanol–water partition coefficient (Wildman–Crippen LogP) is 1.78. The lowest BCUT2D eigenvalue weighted by molar-refractivity contribution is -0.121. The number of nitrogens with zero attached hydrogens (tertiary/aromatic N) is 2. The highest BCUT2D eigenvalue weighted by Gasteiger charge is 2.17. The van der Waals surface area contributed by atoms with Crippen LogP contribution < -0.4 is 5.56 Å². The van der Waals surface area contributed by atoms with Crippen LogP contribution >= 0.6 is 0 Å². The zero-order valence-electron chi connectivity index (χ0n) is 9.97. The van der Waals surface area contributed by atoms with Crippen molar-refractivity contribution in [2.45, 2.75) is 45.1 Å². The van der Waals surface area contributed by atoms with Crippen LogP contribution in [0.1, 0.15) is 38.5 Å². The van der Waals surface area contributed by atoms with Crippen molar-refractivity contribution in [1.82, 2.24) is 9.78 Å². The molecule has 1 aromatic rings. The topological polar surface area (TPSA) is 52.0 Å². The van der Waals surface area contributed by atoms with Crippen molar-refractivity contribution in [3.63, 3.8) is 0 Å². The summed E-state index contributed by atoms with van der Waals surface area (Å²) < 4.78 is 1.24. The Hall–Kier alpha value is -1.45. The molecule has 0 unspecified atom stereocenters. The highest BCUT2D eigenvalue weighted by molar-refractivity contribution is 5.78. The van der Waals surface area contributed by atoms with Crippen molar-refractivity contribution < 1.29 is 4.79 Å². The molecule has 4 nitrogen and oxygen atoms in total. The molecule has 92 valence electrons. The normalized spacial score (nSPS) is 16.9. The van der Waals surface area contributed by atoms with E-state index in [0.29, 0.717) is 12.3 Å². The van der Waals surface area contributed by atoms with E-state index in [0.717, 1.165) is 12.8 Å². The number of hydrogen-bond donors (Lipinski definition) is 0. The van der Waals surface area contributed by atoms with E-state index in [1.54, 1.807) is 6.07 Å². The van der Waals surface area contributed by atoms with Gasteiger partial charge in [-0.25, -0.2) is 4.68 Å². The maximum Gasteiger partial charge on any atom is 0.267 e. The molecule has 0 bridgehead atoms. The quantitative estimate of drug-likeness (QED) is 0.798. The zero-order chi connectivity index (χ0) is 12.1. The molecule has 0 atom stereocenters. The second-order valence-electron chi connectivity index (χ2n) is 4.77. The van der Waals surface area contributed by atoms with Gasteiger partial charge >= 0.3 is 0 Å². The molecule has 1 aromatic heterocycles. The Balaban J connectivity index is 1.89. The van der Waals surface area contributed by atoms with E-state index in [1.807, 2.05) is 0 Å². The maximum atomic E-state index is 11.8. The largest absolute Gasteiger partial charge is 0.298 e. The van der Waals surface area contributed by atoms with Gasteiger partial charge in [-0.05, 0) is 12.0 Å². The summed E-state index contributed by atoms with van der Waals surface area (Å²) in [7, 11) is 0. The van der Waals surface area contributed by atoms with Gasteiger partial charge in [0.1, 0.15) is 6.54 Å². The van der Waals surface area contributed by atoms with Crippen LogP contribution in [-0.4, -0.2) is 15.6 Å². The Kier molecular flexibility index (Phi) is 4.07. The van der Waals surface area contributed by atoms with E-state index in [9.17, 15) is 9.59 Å². The van der Waals surface area contributed by atoms with Crippen molar-refractivity contribution in [2.75, 3.05) is 0 Å². The van der Waals surface area contributed by atoms with Crippen molar-refractivity contribution >= 4 is 5.78 Å². The van der Waals surface area contributed by atoms with Crippen LogP contribution in [0.4, 0.5) is 0 Å². The maximum absolute atomic E-state index is 11.8. The molecule has 2 rings (SSSR count). The highest BCUT2D eigenvalue weighted by atomic mass is 16.1. The van der Waals surface area contributed by atoms with Crippen LogP contribution in [0.3, 0.4) is 0 Å². The number of ketones is 1. The van der Waals surface area contributed by atoms with Crippen molar-refractivity contribution in [3.8, 4) is 0 Å². The van der Waals surface area contributed by atoms with E-state index in [2.05, 4.69) is 5.10 Å². The van der Waals surface area contributed by atoms with E-state index < -0.39 is 0 Å². The van der Waals surface area contributed by atoms with Gasteiger partial charge < -0.3 is 0 Å². The first-order valence-corrected chi connectivity index (χ1v) is 6.29. The van der Waals surface area contributed by atoms with Crippen molar-refractivity contribution in [3.05, 3.63) is 28.7 Å². The fraction of sp³-hybridized carbons (Fsp3) is 0.615. The van der Waals surface area contributed by atoms with Gasteiger partial charge in [-0.2, -0.15) is 5.10 Å². The molecular weight excluding hydrogens is 216 g/mol. The molecule has 0 N–H and O–H groups in total. The van der Waals surface area contributed by atoms with Gasteiger partial charge in [0.05, 0.1) is 0 Å². The smallest absolute Gasteiger partial charge is 0.267 e. The molecule has 1 aliphatic carbocycles. The Labute approximate surface area is 101 Å². The average molecular weight is 234 g/mol.